The quantitative estimate of drug-likeness (QED) is 0.699. The molecule has 1 amide bonds. The van der Waals surface area contributed by atoms with E-state index in [1.165, 1.54) is 10.4 Å². The molecule has 0 N–H and O–H groups in total. The second-order valence-corrected chi connectivity index (χ2v) is 9.57. The molecule has 4 rings (SSSR count). The van der Waals surface area contributed by atoms with Gasteiger partial charge in [0.15, 0.2) is 6.10 Å². The Morgan fingerprint density at radius 1 is 1.03 bits per heavy atom. The van der Waals surface area contributed by atoms with Crippen LogP contribution in [0.2, 0.25) is 0 Å². The predicted molar refractivity (Wildman–Crippen MR) is 114 cm³/mol. The van der Waals surface area contributed by atoms with Crippen LogP contribution < -0.4 is 9.21 Å². The summed E-state index contributed by atoms with van der Waals surface area (Å²) in [6.07, 6.45) is 1.37. The number of aryl methyl sites for hydroxylation is 1. The number of para-hydroxylation sites is 1. The van der Waals surface area contributed by atoms with Crippen LogP contribution in [0.15, 0.2) is 48.5 Å². The highest BCUT2D eigenvalue weighted by atomic mass is 32.2. The molecule has 1 unspecified atom stereocenters. The smallest absolute Gasteiger partial charge is 0.338 e. The van der Waals surface area contributed by atoms with E-state index in [1.54, 1.807) is 30.0 Å². The highest BCUT2D eigenvalue weighted by Crippen LogP contribution is 2.28. The summed E-state index contributed by atoms with van der Waals surface area (Å²) in [7, 11) is -3.34. The maximum atomic E-state index is 13.0. The number of esters is 1. The number of hydrogen-bond donors (Lipinski definition) is 0. The Labute approximate surface area is 176 Å². The topological polar surface area (TPSA) is 84.0 Å². The lowest BCUT2D eigenvalue weighted by atomic mass is 10.0. The largest absolute Gasteiger partial charge is 0.449 e. The first-order chi connectivity index (χ1) is 14.4. The lowest BCUT2D eigenvalue weighted by Crippen LogP contribution is -2.42. The van der Waals surface area contributed by atoms with Crippen LogP contribution in [0.4, 0.5) is 11.4 Å². The zero-order chi connectivity index (χ0) is 21.3. The molecule has 2 heterocycles. The summed E-state index contributed by atoms with van der Waals surface area (Å²) in [6, 6.07) is 14.1. The minimum atomic E-state index is -3.34. The summed E-state index contributed by atoms with van der Waals surface area (Å²) in [5.74, 6) is -0.821. The van der Waals surface area contributed by atoms with Gasteiger partial charge in [-0.05, 0) is 56.0 Å². The first kappa shape index (κ1) is 20.4. The number of carbonyl (C=O) groups excluding carboxylic acids is 2. The third-order valence-corrected chi connectivity index (χ3v) is 7.35. The second-order valence-electron chi connectivity index (χ2n) is 7.56. The van der Waals surface area contributed by atoms with Crippen molar-refractivity contribution in [2.45, 2.75) is 32.3 Å². The number of rotatable bonds is 4. The van der Waals surface area contributed by atoms with Gasteiger partial charge in [0.1, 0.15) is 0 Å². The van der Waals surface area contributed by atoms with Crippen LogP contribution in [0.1, 0.15) is 35.7 Å². The fourth-order valence-corrected chi connectivity index (χ4v) is 5.53. The summed E-state index contributed by atoms with van der Waals surface area (Å²) in [5.41, 5.74) is 2.62. The van der Waals surface area contributed by atoms with Crippen molar-refractivity contribution in [2.24, 2.45) is 0 Å². The van der Waals surface area contributed by atoms with Crippen molar-refractivity contribution in [1.82, 2.24) is 0 Å². The van der Waals surface area contributed by atoms with Gasteiger partial charge in [0, 0.05) is 18.8 Å². The molecule has 0 aliphatic carbocycles. The van der Waals surface area contributed by atoms with Gasteiger partial charge in [0.2, 0.25) is 10.0 Å². The number of amides is 1. The first-order valence-corrected chi connectivity index (χ1v) is 11.7. The van der Waals surface area contributed by atoms with Crippen molar-refractivity contribution in [2.75, 3.05) is 28.0 Å². The Kier molecular flexibility index (Phi) is 5.51. The number of carbonyl (C=O) groups is 2. The van der Waals surface area contributed by atoms with Crippen molar-refractivity contribution in [3.05, 3.63) is 59.7 Å². The molecular weight excluding hydrogens is 404 g/mol. The van der Waals surface area contributed by atoms with Gasteiger partial charge in [-0.1, -0.05) is 24.3 Å². The monoisotopic (exact) mass is 428 g/mol. The number of fused-ring (bicyclic) bond motifs is 1. The molecule has 8 heteroatoms. The summed E-state index contributed by atoms with van der Waals surface area (Å²) >= 11 is 0. The number of ether oxygens (including phenoxy) is 1. The minimum absolute atomic E-state index is 0.102. The van der Waals surface area contributed by atoms with E-state index in [0.29, 0.717) is 25.2 Å². The Bertz CT molecular complexity index is 1080. The van der Waals surface area contributed by atoms with Crippen molar-refractivity contribution in [3.8, 4) is 0 Å². The molecule has 0 saturated carbocycles. The molecule has 1 saturated heterocycles. The van der Waals surface area contributed by atoms with Gasteiger partial charge in [-0.3, -0.25) is 9.10 Å². The van der Waals surface area contributed by atoms with E-state index in [0.717, 1.165) is 24.1 Å². The zero-order valence-corrected chi connectivity index (χ0v) is 17.6. The molecule has 30 heavy (non-hydrogen) atoms. The third kappa shape index (κ3) is 3.92. The standard InChI is InChI=1S/C22H24N2O5S/c1-16(21(25)23-12-5-9-17-7-2-3-11-20(17)23)29-22(26)18-8-4-10-19(15-18)24-13-6-14-30(24,27)28/h2-4,7-8,10-11,15-16H,5-6,9,12-14H2,1H3. The Morgan fingerprint density at radius 3 is 2.60 bits per heavy atom. The summed E-state index contributed by atoms with van der Waals surface area (Å²) in [6.45, 7) is 2.54. The van der Waals surface area contributed by atoms with Crippen LogP contribution in [0.25, 0.3) is 0 Å². The van der Waals surface area contributed by atoms with E-state index in [4.69, 9.17) is 4.74 Å². The fraction of sp³-hybridized carbons (Fsp3) is 0.364. The second kappa shape index (κ2) is 8.10. The maximum absolute atomic E-state index is 13.0. The van der Waals surface area contributed by atoms with Crippen molar-refractivity contribution in [3.63, 3.8) is 0 Å². The van der Waals surface area contributed by atoms with Gasteiger partial charge in [0.25, 0.3) is 5.91 Å². The van der Waals surface area contributed by atoms with Crippen LogP contribution in [0.3, 0.4) is 0 Å². The molecule has 2 aromatic rings. The fourth-order valence-electron chi connectivity index (χ4n) is 3.98. The molecule has 158 valence electrons. The highest BCUT2D eigenvalue weighted by molar-refractivity contribution is 7.93. The molecular formula is C22H24N2O5S. The Morgan fingerprint density at radius 2 is 1.83 bits per heavy atom. The summed E-state index contributed by atoms with van der Waals surface area (Å²) in [5, 5.41) is 0. The Balaban J connectivity index is 1.48. The minimum Gasteiger partial charge on any atom is -0.449 e. The molecule has 2 aliphatic heterocycles. The average molecular weight is 429 g/mol. The third-order valence-electron chi connectivity index (χ3n) is 5.48. The van der Waals surface area contributed by atoms with Crippen molar-refractivity contribution < 1.29 is 22.7 Å². The van der Waals surface area contributed by atoms with Crippen LogP contribution in [0.5, 0.6) is 0 Å². The first-order valence-electron chi connectivity index (χ1n) is 10.1. The molecule has 1 atom stereocenters. The molecule has 1 fully saturated rings. The van der Waals surface area contributed by atoms with E-state index in [1.807, 2.05) is 24.3 Å². The van der Waals surface area contributed by atoms with Gasteiger partial charge in [-0.2, -0.15) is 0 Å². The molecule has 0 radical (unpaired) electrons. The van der Waals surface area contributed by atoms with E-state index in [9.17, 15) is 18.0 Å². The number of nitrogens with zero attached hydrogens (tertiary/aromatic N) is 2. The van der Waals surface area contributed by atoms with Gasteiger partial charge >= 0.3 is 5.97 Å². The predicted octanol–water partition coefficient (Wildman–Crippen LogP) is 2.75. The lowest BCUT2D eigenvalue weighted by Gasteiger charge is -2.31. The molecule has 0 aromatic heterocycles. The van der Waals surface area contributed by atoms with E-state index in [2.05, 4.69) is 0 Å². The van der Waals surface area contributed by atoms with Crippen LogP contribution in [-0.2, 0) is 26.0 Å². The van der Waals surface area contributed by atoms with Crippen molar-refractivity contribution in [1.29, 1.82) is 0 Å². The summed E-state index contributed by atoms with van der Waals surface area (Å²) in [4.78, 5) is 27.3. The number of hydrogen-bond acceptors (Lipinski definition) is 5. The number of anilines is 2. The lowest BCUT2D eigenvalue weighted by molar-refractivity contribution is -0.126. The molecule has 0 bridgehead atoms. The molecule has 2 aromatic carbocycles. The number of sulfonamides is 1. The van der Waals surface area contributed by atoms with Crippen molar-refractivity contribution >= 4 is 33.3 Å². The van der Waals surface area contributed by atoms with Gasteiger partial charge in [-0.15, -0.1) is 0 Å². The normalized spacial score (nSPS) is 18.6. The van der Waals surface area contributed by atoms with E-state index in [-0.39, 0.29) is 17.2 Å². The average Bonchev–Trinajstić information content (AvgIpc) is 3.11. The van der Waals surface area contributed by atoms with Crippen LogP contribution >= 0.6 is 0 Å². The summed E-state index contributed by atoms with van der Waals surface area (Å²) < 4.78 is 31.0. The zero-order valence-electron chi connectivity index (χ0n) is 16.8. The van der Waals surface area contributed by atoms with E-state index >= 15 is 0 Å². The van der Waals surface area contributed by atoms with Gasteiger partial charge in [0.05, 0.1) is 17.0 Å². The van der Waals surface area contributed by atoms with Gasteiger partial charge < -0.3 is 9.64 Å². The molecule has 7 nitrogen and oxygen atoms in total. The maximum Gasteiger partial charge on any atom is 0.338 e. The van der Waals surface area contributed by atoms with E-state index < -0.39 is 22.1 Å². The SMILES string of the molecule is CC(OC(=O)c1cccc(N2CCCS2(=O)=O)c1)C(=O)N1CCCc2ccccc21. The highest BCUT2D eigenvalue weighted by Gasteiger charge is 2.30. The number of benzene rings is 2. The Hall–Kier alpha value is -2.87. The van der Waals surface area contributed by atoms with Crippen LogP contribution in [-0.4, -0.2) is 45.2 Å². The molecule has 0 spiro atoms. The van der Waals surface area contributed by atoms with Gasteiger partial charge in [-0.25, -0.2) is 13.2 Å². The van der Waals surface area contributed by atoms with Crippen LogP contribution in [0, 0.1) is 0 Å². The molecule has 2 aliphatic rings.